The van der Waals surface area contributed by atoms with Crippen LogP contribution in [0.4, 0.5) is 0 Å². The predicted molar refractivity (Wildman–Crippen MR) is 105 cm³/mol. The normalized spacial score (nSPS) is 15.9. The van der Waals surface area contributed by atoms with Crippen molar-refractivity contribution in [2.45, 2.75) is 19.4 Å². The predicted octanol–water partition coefficient (Wildman–Crippen LogP) is 2.36. The van der Waals surface area contributed by atoms with E-state index in [0.29, 0.717) is 11.5 Å². The van der Waals surface area contributed by atoms with Crippen LogP contribution in [0.15, 0.2) is 53.6 Å². The SMILES string of the molecule is O=C(N/N=C/c1ccc(O)cc1)c1ccc(CN2CCC(CO)CC2)cc1. The Morgan fingerprint density at radius 3 is 2.41 bits per heavy atom. The zero-order valence-electron chi connectivity index (χ0n) is 15.2. The molecule has 6 heteroatoms. The van der Waals surface area contributed by atoms with Gasteiger partial charge in [0, 0.05) is 18.7 Å². The molecule has 3 N–H and O–H groups in total. The van der Waals surface area contributed by atoms with E-state index in [4.69, 9.17) is 0 Å². The van der Waals surface area contributed by atoms with Crippen LogP contribution in [-0.4, -0.2) is 46.9 Å². The second-order valence-electron chi connectivity index (χ2n) is 6.89. The summed E-state index contributed by atoms with van der Waals surface area (Å²) < 4.78 is 0. The quantitative estimate of drug-likeness (QED) is 0.540. The summed E-state index contributed by atoms with van der Waals surface area (Å²) in [6.45, 7) is 3.14. The lowest BCUT2D eigenvalue weighted by atomic mass is 9.97. The van der Waals surface area contributed by atoms with E-state index in [2.05, 4.69) is 15.4 Å². The van der Waals surface area contributed by atoms with Crippen molar-refractivity contribution in [3.63, 3.8) is 0 Å². The minimum atomic E-state index is -0.264. The van der Waals surface area contributed by atoms with Gasteiger partial charge >= 0.3 is 0 Å². The maximum atomic E-state index is 12.2. The summed E-state index contributed by atoms with van der Waals surface area (Å²) in [7, 11) is 0. The highest BCUT2D eigenvalue weighted by atomic mass is 16.3. The monoisotopic (exact) mass is 367 g/mol. The van der Waals surface area contributed by atoms with Gasteiger partial charge in [0.25, 0.3) is 5.91 Å². The zero-order valence-corrected chi connectivity index (χ0v) is 15.2. The first-order valence-electron chi connectivity index (χ1n) is 9.18. The number of piperidine rings is 1. The largest absolute Gasteiger partial charge is 0.508 e. The molecule has 0 aromatic heterocycles. The van der Waals surface area contributed by atoms with Gasteiger partial charge in [0.1, 0.15) is 5.75 Å². The first kappa shape index (κ1) is 19.1. The molecule has 2 aromatic carbocycles. The lowest BCUT2D eigenvalue weighted by molar-refractivity contribution is 0.0955. The molecule has 142 valence electrons. The fraction of sp³-hybridized carbons (Fsp3) is 0.333. The number of nitrogens with zero attached hydrogens (tertiary/aromatic N) is 2. The summed E-state index contributed by atoms with van der Waals surface area (Å²) in [5.41, 5.74) is 5.02. The van der Waals surface area contributed by atoms with Gasteiger partial charge in [0.05, 0.1) is 6.21 Å². The number of phenols is 1. The fourth-order valence-electron chi connectivity index (χ4n) is 3.14. The number of carbonyl (C=O) groups is 1. The number of likely N-dealkylation sites (tertiary alicyclic amines) is 1. The van der Waals surface area contributed by atoms with Crippen molar-refractivity contribution in [2.75, 3.05) is 19.7 Å². The number of hydrogen-bond acceptors (Lipinski definition) is 5. The molecule has 0 atom stereocenters. The summed E-state index contributed by atoms with van der Waals surface area (Å²) in [4.78, 5) is 14.5. The molecule has 1 aliphatic heterocycles. The highest BCUT2D eigenvalue weighted by Gasteiger charge is 2.18. The van der Waals surface area contributed by atoms with Crippen molar-refractivity contribution in [1.82, 2.24) is 10.3 Å². The molecule has 1 fully saturated rings. The molecule has 0 aliphatic carbocycles. The van der Waals surface area contributed by atoms with Gasteiger partial charge in [0.2, 0.25) is 0 Å². The van der Waals surface area contributed by atoms with Gasteiger partial charge in [-0.15, -0.1) is 0 Å². The van der Waals surface area contributed by atoms with Crippen molar-refractivity contribution in [3.05, 3.63) is 65.2 Å². The number of nitrogens with one attached hydrogen (secondary N) is 1. The summed E-state index contributed by atoms with van der Waals surface area (Å²) in [5.74, 6) is 0.365. The number of hydrogen-bond donors (Lipinski definition) is 3. The zero-order chi connectivity index (χ0) is 19.1. The summed E-state index contributed by atoms with van der Waals surface area (Å²) >= 11 is 0. The van der Waals surface area contributed by atoms with E-state index in [0.717, 1.165) is 38.0 Å². The molecule has 1 amide bonds. The Balaban J connectivity index is 1.49. The lowest BCUT2D eigenvalue weighted by Gasteiger charge is -2.31. The Morgan fingerprint density at radius 2 is 1.78 bits per heavy atom. The van der Waals surface area contributed by atoms with Crippen LogP contribution in [-0.2, 0) is 6.54 Å². The van der Waals surface area contributed by atoms with Crippen molar-refractivity contribution in [1.29, 1.82) is 0 Å². The molecule has 6 nitrogen and oxygen atoms in total. The summed E-state index contributed by atoms with van der Waals surface area (Å²) in [6.07, 6.45) is 3.60. The molecule has 0 saturated carbocycles. The average molecular weight is 367 g/mol. The molecule has 2 aromatic rings. The first-order chi connectivity index (χ1) is 13.1. The highest BCUT2D eigenvalue weighted by Crippen LogP contribution is 2.18. The second-order valence-corrected chi connectivity index (χ2v) is 6.89. The second kappa shape index (κ2) is 9.30. The maximum Gasteiger partial charge on any atom is 0.271 e. The highest BCUT2D eigenvalue weighted by molar-refractivity contribution is 5.94. The number of aliphatic hydroxyl groups excluding tert-OH is 1. The number of hydrazone groups is 1. The number of rotatable bonds is 6. The third-order valence-corrected chi connectivity index (χ3v) is 4.86. The Kier molecular flexibility index (Phi) is 6.57. The van der Waals surface area contributed by atoms with E-state index >= 15 is 0 Å². The third-order valence-electron chi connectivity index (χ3n) is 4.86. The molecule has 0 spiro atoms. The number of carbonyl (C=O) groups excluding carboxylic acids is 1. The molecule has 1 heterocycles. The van der Waals surface area contributed by atoms with Gasteiger partial charge < -0.3 is 10.2 Å². The van der Waals surface area contributed by atoms with E-state index in [1.54, 1.807) is 36.4 Å². The molecule has 27 heavy (non-hydrogen) atoms. The Hall–Kier alpha value is -2.70. The number of aromatic hydroxyl groups is 1. The van der Waals surface area contributed by atoms with Gasteiger partial charge in [-0.3, -0.25) is 9.69 Å². The molecule has 0 unspecified atom stereocenters. The van der Waals surface area contributed by atoms with E-state index in [1.165, 1.54) is 11.8 Å². The van der Waals surface area contributed by atoms with Gasteiger partial charge in [-0.1, -0.05) is 12.1 Å². The minimum absolute atomic E-state index is 0.189. The van der Waals surface area contributed by atoms with Crippen LogP contribution in [0.1, 0.15) is 34.3 Å². The molecule has 1 saturated heterocycles. The van der Waals surface area contributed by atoms with E-state index in [-0.39, 0.29) is 18.3 Å². The van der Waals surface area contributed by atoms with Crippen LogP contribution in [0, 0.1) is 5.92 Å². The smallest absolute Gasteiger partial charge is 0.271 e. The molecule has 1 aliphatic rings. The van der Waals surface area contributed by atoms with Crippen molar-refractivity contribution >= 4 is 12.1 Å². The molecular weight excluding hydrogens is 342 g/mol. The van der Waals surface area contributed by atoms with Crippen LogP contribution < -0.4 is 5.43 Å². The van der Waals surface area contributed by atoms with Gasteiger partial charge in [-0.25, -0.2) is 5.43 Å². The van der Waals surface area contributed by atoms with Crippen molar-refractivity contribution in [3.8, 4) is 5.75 Å². The molecule has 3 rings (SSSR count). The van der Waals surface area contributed by atoms with Crippen LogP contribution in [0.3, 0.4) is 0 Å². The molecule has 0 radical (unpaired) electrons. The topological polar surface area (TPSA) is 85.2 Å². The lowest BCUT2D eigenvalue weighted by Crippen LogP contribution is -2.34. The van der Waals surface area contributed by atoms with E-state index in [1.807, 2.05) is 12.1 Å². The maximum absolute atomic E-state index is 12.2. The Bertz CT molecular complexity index is 764. The Labute approximate surface area is 159 Å². The van der Waals surface area contributed by atoms with Crippen LogP contribution in [0.25, 0.3) is 0 Å². The van der Waals surface area contributed by atoms with Crippen LogP contribution in [0.5, 0.6) is 5.75 Å². The summed E-state index contributed by atoms with van der Waals surface area (Å²) in [5, 5.41) is 22.4. The standard InChI is InChI=1S/C21H25N3O3/c25-15-18-9-11-24(12-10-18)14-17-1-5-19(6-2-17)21(27)23-22-13-16-3-7-20(26)8-4-16/h1-8,13,18,25-26H,9-12,14-15H2,(H,23,27)/b22-13+. The van der Waals surface area contributed by atoms with Gasteiger partial charge in [-0.2, -0.15) is 5.10 Å². The van der Waals surface area contributed by atoms with Crippen molar-refractivity contribution in [2.24, 2.45) is 11.0 Å². The van der Waals surface area contributed by atoms with Crippen LogP contribution >= 0.6 is 0 Å². The van der Waals surface area contributed by atoms with E-state index in [9.17, 15) is 15.0 Å². The molecular formula is C21H25N3O3. The first-order valence-corrected chi connectivity index (χ1v) is 9.18. The van der Waals surface area contributed by atoms with Crippen LogP contribution in [0.2, 0.25) is 0 Å². The average Bonchev–Trinajstić information content (AvgIpc) is 2.70. The minimum Gasteiger partial charge on any atom is -0.508 e. The number of benzene rings is 2. The fourth-order valence-corrected chi connectivity index (χ4v) is 3.14. The third kappa shape index (κ3) is 5.64. The van der Waals surface area contributed by atoms with E-state index < -0.39 is 0 Å². The number of phenolic OH excluding ortho intramolecular Hbond substituents is 1. The number of amides is 1. The van der Waals surface area contributed by atoms with Crippen molar-refractivity contribution < 1.29 is 15.0 Å². The number of aliphatic hydroxyl groups is 1. The molecule has 0 bridgehead atoms. The van der Waals surface area contributed by atoms with Gasteiger partial charge in [0.15, 0.2) is 0 Å². The summed E-state index contributed by atoms with van der Waals surface area (Å²) in [6, 6.07) is 14.1. The Morgan fingerprint density at radius 1 is 1.11 bits per heavy atom. The van der Waals surface area contributed by atoms with Gasteiger partial charge in [-0.05, 0) is 79.4 Å².